The van der Waals surface area contributed by atoms with E-state index in [4.69, 9.17) is 19.9 Å². The third kappa shape index (κ3) is 4.58. The van der Waals surface area contributed by atoms with Crippen molar-refractivity contribution in [1.82, 2.24) is 9.88 Å². The summed E-state index contributed by atoms with van der Waals surface area (Å²) in [6, 6.07) is 18.3. The Morgan fingerprint density at radius 2 is 1.84 bits per heavy atom. The van der Waals surface area contributed by atoms with Crippen LogP contribution in [0, 0.1) is 5.82 Å². The summed E-state index contributed by atoms with van der Waals surface area (Å²) >= 11 is 0. The molecule has 10 heteroatoms. The fourth-order valence-electron chi connectivity index (χ4n) is 6.19. The highest BCUT2D eigenvalue weighted by Gasteiger charge is 2.33. The molecule has 9 nitrogen and oxygen atoms in total. The molecule has 0 bridgehead atoms. The van der Waals surface area contributed by atoms with E-state index in [1.54, 1.807) is 24.9 Å². The number of fused-ring (bicyclic) bond motifs is 3. The van der Waals surface area contributed by atoms with Crippen molar-refractivity contribution in [2.45, 2.75) is 18.9 Å². The van der Waals surface area contributed by atoms with Gasteiger partial charge in [-0.15, -0.1) is 0 Å². The van der Waals surface area contributed by atoms with Crippen LogP contribution < -0.4 is 35.6 Å². The number of methoxy groups -OCH3 is 2. The van der Waals surface area contributed by atoms with Crippen LogP contribution in [0.5, 0.6) is 23.0 Å². The second-order valence-electron chi connectivity index (χ2n) is 11.1. The minimum absolute atomic E-state index is 0.0658. The molecule has 2 aliphatic rings. The zero-order valence-electron chi connectivity index (χ0n) is 24.4. The fourth-order valence-corrected chi connectivity index (χ4v) is 6.19. The van der Waals surface area contributed by atoms with Crippen LogP contribution in [-0.4, -0.2) is 50.4 Å². The number of carbonyl (C=O) groups is 1. The second-order valence-corrected chi connectivity index (χ2v) is 11.1. The number of amides is 1. The standard InChI is InChI=1S/C34H31FN4O5/c1-42-27-8-7-19(13-29(27)43-2)9-11-37-34(41)24-18-39-26-14-20-5-3-4-6-21(20)15-28(26)44-33-30(39)23(32(24)40)16-25(35)31(33)38-12-10-22(36)17-38/h3-8,13-16,18,22H,9-12,17,36H2,1-2H3,(H,37,41). The number of halogens is 1. The van der Waals surface area contributed by atoms with Gasteiger partial charge in [0.05, 0.1) is 25.3 Å². The maximum atomic E-state index is 15.9. The van der Waals surface area contributed by atoms with E-state index in [1.807, 2.05) is 53.4 Å². The van der Waals surface area contributed by atoms with Crippen LogP contribution in [-0.2, 0) is 6.42 Å². The molecular formula is C34H31FN4O5. The van der Waals surface area contributed by atoms with Crippen LogP contribution in [0.25, 0.3) is 27.4 Å². The van der Waals surface area contributed by atoms with E-state index in [2.05, 4.69) is 5.32 Å². The van der Waals surface area contributed by atoms with Crippen LogP contribution in [0.2, 0.25) is 0 Å². The van der Waals surface area contributed by atoms with Crippen molar-refractivity contribution in [2.75, 3.05) is 38.8 Å². The Bertz CT molecular complexity index is 2020. The van der Waals surface area contributed by atoms with E-state index in [-0.39, 0.29) is 35.0 Å². The highest BCUT2D eigenvalue weighted by Crippen LogP contribution is 2.48. The molecule has 5 aromatic rings. The van der Waals surface area contributed by atoms with Crippen molar-refractivity contribution >= 4 is 33.3 Å². The Balaban J connectivity index is 1.31. The first-order valence-corrected chi connectivity index (χ1v) is 14.5. The van der Waals surface area contributed by atoms with Crippen molar-refractivity contribution in [1.29, 1.82) is 0 Å². The normalized spacial score (nSPS) is 15.3. The van der Waals surface area contributed by atoms with Gasteiger partial charge in [-0.05, 0) is 59.5 Å². The van der Waals surface area contributed by atoms with Gasteiger partial charge in [0.2, 0.25) is 5.43 Å². The predicted molar refractivity (Wildman–Crippen MR) is 167 cm³/mol. The van der Waals surface area contributed by atoms with Crippen molar-refractivity contribution in [3.05, 3.63) is 94.0 Å². The molecule has 1 amide bonds. The lowest BCUT2D eigenvalue weighted by Crippen LogP contribution is -2.32. The van der Waals surface area contributed by atoms with Gasteiger partial charge in [-0.2, -0.15) is 0 Å². The fraction of sp³-hybridized carbons (Fsp3) is 0.235. The van der Waals surface area contributed by atoms with E-state index in [9.17, 15) is 9.59 Å². The van der Waals surface area contributed by atoms with E-state index in [1.165, 1.54) is 12.3 Å². The van der Waals surface area contributed by atoms with E-state index in [0.29, 0.717) is 54.4 Å². The maximum Gasteiger partial charge on any atom is 0.256 e. The Morgan fingerprint density at radius 1 is 1.07 bits per heavy atom. The predicted octanol–water partition coefficient (Wildman–Crippen LogP) is 4.92. The highest BCUT2D eigenvalue weighted by atomic mass is 19.1. The average molecular weight is 595 g/mol. The van der Waals surface area contributed by atoms with Gasteiger partial charge in [0, 0.05) is 31.9 Å². The van der Waals surface area contributed by atoms with Gasteiger partial charge >= 0.3 is 0 Å². The number of anilines is 1. The van der Waals surface area contributed by atoms with Gasteiger partial charge in [0.15, 0.2) is 28.8 Å². The summed E-state index contributed by atoms with van der Waals surface area (Å²) < 4.78 is 34.8. The lowest BCUT2D eigenvalue weighted by Gasteiger charge is -2.29. The molecule has 0 spiro atoms. The number of nitrogens with one attached hydrogen (secondary N) is 1. The van der Waals surface area contributed by atoms with Crippen molar-refractivity contribution in [2.24, 2.45) is 5.73 Å². The molecule has 0 saturated carbocycles. The molecule has 1 saturated heterocycles. The number of hydrogen-bond acceptors (Lipinski definition) is 7. The number of nitrogens with zero attached hydrogens (tertiary/aromatic N) is 2. The Kier molecular flexibility index (Phi) is 6.85. The molecule has 1 fully saturated rings. The van der Waals surface area contributed by atoms with Crippen LogP contribution in [0.1, 0.15) is 22.3 Å². The number of benzene rings is 4. The van der Waals surface area contributed by atoms with Gasteiger partial charge < -0.3 is 34.7 Å². The maximum absolute atomic E-state index is 15.9. The Hall–Kier alpha value is -5.09. The van der Waals surface area contributed by atoms with Crippen LogP contribution in [0.3, 0.4) is 0 Å². The molecule has 2 aliphatic heterocycles. The van der Waals surface area contributed by atoms with E-state index in [0.717, 1.165) is 16.3 Å². The van der Waals surface area contributed by atoms with Crippen molar-refractivity contribution in [3.63, 3.8) is 0 Å². The molecule has 0 radical (unpaired) electrons. The minimum Gasteiger partial charge on any atom is -0.493 e. The minimum atomic E-state index is -0.597. The number of aromatic nitrogens is 1. The molecule has 3 N–H and O–H groups in total. The summed E-state index contributed by atoms with van der Waals surface area (Å²) in [6.07, 6.45) is 2.75. The Morgan fingerprint density at radius 3 is 2.57 bits per heavy atom. The molecule has 1 aromatic heterocycles. The molecule has 0 aliphatic carbocycles. The van der Waals surface area contributed by atoms with Gasteiger partial charge in [-0.3, -0.25) is 9.59 Å². The average Bonchev–Trinajstić information content (AvgIpc) is 3.46. The first-order chi connectivity index (χ1) is 21.4. The van der Waals surface area contributed by atoms with Crippen LogP contribution >= 0.6 is 0 Å². The number of nitrogens with two attached hydrogens (primary N) is 1. The van der Waals surface area contributed by atoms with Gasteiger partial charge in [-0.1, -0.05) is 30.3 Å². The molecule has 1 atom stereocenters. The lowest BCUT2D eigenvalue weighted by atomic mass is 10.0. The number of ether oxygens (including phenoxy) is 3. The number of pyridine rings is 1. The first kappa shape index (κ1) is 27.7. The van der Waals surface area contributed by atoms with E-state index < -0.39 is 17.2 Å². The lowest BCUT2D eigenvalue weighted by molar-refractivity contribution is 0.0952. The summed E-state index contributed by atoms with van der Waals surface area (Å²) in [5.41, 5.74) is 7.76. The van der Waals surface area contributed by atoms with Gasteiger partial charge in [0.25, 0.3) is 5.91 Å². The van der Waals surface area contributed by atoms with Crippen LogP contribution in [0.15, 0.2) is 71.7 Å². The molecule has 224 valence electrons. The van der Waals surface area contributed by atoms with E-state index >= 15 is 4.39 Å². The monoisotopic (exact) mass is 594 g/mol. The SMILES string of the molecule is COc1ccc(CCNC(=O)c2cn3c4c(c(N5CCC(N)C5)c(F)cc4c2=O)Oc2cc4ccccc4cc2-3)cc1OC. The number of hydrogen-bond donors (Lipinski definition) is 2. The topological polar surface area (TPSA) is 108 Å². The second kappa shape index (κ2) is 10.9. The first-order valence-electron chi connectivity index (χ1n) is 14.5. The van der Waals surface area contributed by atoms with Crippen LogP contribution in [0.4, 0.5) is 10.1 Å². The molecule has 4 aromatic carbocycles. The summed E-state index contributed by atoms with van der Waals surface area (Å²) in [6.45, 7) is 1.30. The summed E-state index contributed by atoms with van der Waals surface area (Å²) in [5.74, 6) is 0.792. The molecule has 1 unspecified atom stereocenters. The third-order valence-electron chi connectivity index (χ3n) is 8.40. The number of carbonyl (C=O) groups excluding carboxylic acids is 1. The Labute approximate surface area is 252 Å². The smallest absolute Gasteiger partial charge is 0.256 e. The number of rotatable bonds is 7. The zero-order valence-corrected chi connectivity index (χ0v) is 24.4. The zero-order chi connectivity index (χ0) is 30.5. The summed E-state index contributed by atoms with van der Waals surface area (Å²) in [5, 5.41) is 4.83. The highest BCUT2D eigenvalue weighted by molar-refractivity contribution is 6.02. The molecule has 44 heavy (non-hydrogen) atoms. The summed E-state index contributed by atoms with van der Waals surface area (Å²) in [4.78, 5) is 29.2. The van der Waals surface area contributed by atoms with Crippen molar-refractivity contribution < 1.29 is 23.4 Å². The third-order valence-corrected chi connectivity index (χ3v) is 8.40. The quantitative estimate of drug-likeness (QED) is 0.270. The largest absolute Gasteiger partial charge is 0.493 e. The van der Waals surface area contributed by atoms with Gasteiger partial charge in [0.1, 0.15) is 16.8 Å². The summed E-state index contributed by atoms with van der Waals surface area (Å²) in [7, 11) is 3.13. The molecular weight excluding hydrogens is 563 g/mol. The molecule has 7 rings (SSSR count). The van der Waals surface area contributed by atoms with Gasteiger partial charge in [-0.25, -0.2) is 4.39 Å². The molecule has 3 heterocycles. The van der Waals surface area contributed by atoms with Crippen molar-refractivity contribution in [3.8, 4) is 28.7 Å².